The maximum atomic E-state index is 12.6. The molecule has 0 unspecified atom stereocenters. The highest BCUT2D eigenvalue weighted by atomic mass is 16.6. The first kappa shape index (κ1) is 17.2. The van der Waals surface area contributed by atoms with Gasteiger partial charge in [-0.2, -0.15) is 0 Å². The molecule has 3 fully saturated rings. The normalized spacial score (nSPS) is 26.1. The summed E-state index contributed by atoms with van der Waals surface area (Å²) in [6.07, 6.45) is 3.65. The summed E-state index contributed by atoms with van der Waals surface area (Å²) in [5, 5.41) is 0. The van der Waals surface area contributed by atoms with Crippen molar-refractivity contribution in [2.75, 3.05) is 52.5 Å². The van der Waals surface area contributed by atoms with Crippen molar-refractivity contribution in [3.05, 3.63) is 30.1 Å². The molecule has 2 atom stereocenters. The lowest BCUT2D eigenvalue weighted by Crippen LogP contribution is -2.42. The number of carbonyl (C=O) groups excluding carboxylic acids is 2. The van der Waals surface area contributed by atoms with Gasteiger partial charge >= 0.3 is 6.09 Å². The van der Waals surface area contributed by atoms with Crippen LogP contribution in [-0.2, 0) is 9.47 Å². The van der Waals surface area contributed by atoms with E-state index in [1.54, 1.807) is 34.3 Å². The molecule has 26 heavy (non-hydrogen) atoms. The van der Waals surface area contributed by atoms with Crippen LogP contribution in [0, 0.1) is 0 Å². The summed E-state index contributed by atoms with van der Waals surface area (Å²) < 4.78 is 10.9. The Hall–Kier alpha value is -2.19. The van der Waals surface area contributed by atoms with Crippen molar-refractivity contribution >= 4 is 12.0 Å². The molecule has 3 aliphatic rings. The Morgan fingerprint density at radius 1 is 1.15 bits per heavy atom. The van der Waals surface area contributed by atoms with E-state index in [1.165, 1.54) is 0 Å². The minimum Gasteiger partial charge on any atom is -0.442 e. The number of rotatable bonds is 5. The van der Waals surface area contributed by atoms with Crippen LogP contribution in [0.4, 0.5) is 4.79 Å². The van der Waals surface area contributed by atoms with E-state index < -0.39 is 0 Å². The summed E-state index contributed by atoms with van der Waals surface area (Å²) in [5.74, 6) is -0.0360. The average Bonchev–Trinajstić information content (AvgIpc) is 3.21. The lowest BCUT2D eigenvalue weighted by Gasteiger charge is -2.28. The predicted octanol–water partition coefficient (Wildman–Crippen LogP) is 0.449. The van der Waals surface area contributed by atoms with Crippen molar-refractivity contribution in [1.29, 1.82) is 0 Å². The highest BCUT2D eigenvalue weighted by Crippen LogP contribution is 2.28. The number of fused-ring (bicyclic) bond motifs is 1. The van der Waals surface area contributed by atoms with Crippen LogP contribution >= 0.6 is 0 Å². The molecule has 3 saturated heterocycles. The average molecular weight is 360 g/mol. The lowest BCUT2D eigenvalue weighted by atomic mass is 10.2. The van der Waals surface area contributed by atoms with E-state index in [1.807, 2.05) is 0 Å². The summed E-state index contributed by atoms with van der Waals surface area (Å²) >= 11 is 0. The highest BCUT2D eigenvalue weighted by molar-refractivity contribution is 5.94. The first-order valence-electron chi connectivity index (χ1n) is 9.19. The van der Waals surface area contributed by atoms with Crippen LogP contribution in [0.3, 0.4) is 0 Å². The predicted molar refractivity (Wildman–Crippen MR) is 92.8 cm³/mol. The standard InChI is InChI=1S/C18H24N4O4/c23-17(14-2-4-19-5-3-14)21-12-15-16(13-21)26-18(24)22(15)7-1-6-20-8-10-25-11-9-20/h2-5,15-16H,1,6-13H2/t15-,16+/m1/s1. The molecule has 2 amide bonds. The maximum Gasteiger partial charge on any atom is 0.410 e. The van der Waals surface area contributed by atoms with Gasteiger partial charge in [0.05, 0.1) is 25.8 Å². The number of hydrogen-bond donors (Lipinski definition) is 0. The molecule has 1 aromatic rings. The van der Waals surface area contributed by atoms with Gasteiger partial charge in [-0.3, -0.25) is 19.6 Å². The smallest absolute Gasteiger partial charge is 0.410 e. The number of hydrogen-bond acceptors (Lipinski definition) is 6. The SMILES string of the molecule is O=C(c1ccncc1)N1C[C@@H]2OC(=O)N(CCCN3CCOCC3)[C@@H]2C1. The van der Waals surface area contributed by atoms with Crippen molar-refractivity contribution < 1.29 is 19.1 Å². The Kier molecular flexibility index (Phi) is 5.03. The third kappa shape index (κ3) is 3.52. The van der Waals surface area contributed by atoms with Crippen molar-refractivity contribution in [2.45, 2.75) is 18.6 Å². The number of carbonyl (C=O) groups is 2. The van der Waals surface area contributed by atoms with Crippen molar-refractivity contribution in [1.82, 2.24) is 19.7 Å². The minimum absolute atomic E-state index is 0.0360. The van der Waals surface area contributed by atoms with Crippen LogP contribution in [0.1, 0.15) is 16.8 Å². The number of likely N-dealkylation sites (tertiary alicyclic amines) is 1. The molecular formula is C18H24N4O4. The zero-order chi connectivity index (χ0) is 17.9. The zero-order valence-electron chi connectivity index (χ0n) is 14.7. The fourth-order valence-electron chi connectivity index (χ4n) is 3.89. The second kappa shape index (κ2) is 7.59. The number of morpholine rings is 1. The molecule has 4 rings (SSSR count). The van der Waals surface area contributed by atoms with Crippen molar-refractivity contribution in [3.63, 3.8) is 0 Å². The molecule has 0 aliphatic carbocycles. The van der Waals surface area contributed by atoms with E-state index in [-0.39, 0.29) is 24.1 Å². The van der Waals surface area contributed by atoms with Gasteiger partial charge in [0, 0.05) is 50.7 Å². The van der Waals surface area contributed by atoms with Crippen LogP contribution in [-0.4, -0.2) is 96.3 Å². The van der Waals surface area contributed by atoms with Crippen LogP contribution in [0.25, 0.3) is 0 Å². The summed E-state index contributed by atoms with van der Waals surface area (Å²) in [7, 11) is 0. The van der Waals surface area contributed by atoms with Gasteiger partial charge < -0.3 is 14.4 Å². The highest BCUT2D eigenvalue weighted by Gasteiger charge is 2.48. The zero-order valence-corrected chi connectivity index (χ0v) is 14.7. The summed E-state index contributed by atoms with van der Waals surface area (Å²) in [5.41, 5.74) is 0.616. The molecule has 1 aromatic heterocycles. The summed E-state index contributed by atoms with van der Waals surface area (Å²) in [6.45, 7) is 6.05. The lowest BCUT2D eigenvalue weighted by molar-refractivity contribution is 0.0362. The molecule has 0 spiro atoms. The molecular weight excluding hydrogens is 336 g/mol. The quantitative estimate of drug-likeness (QED) is 0.759. The molecule has 8 nitrogen and oxygen atoms in total. The number of ether oxygens (including phenoxy) is 2. The van der Waals surface area contributed by atoms with E-state index in [0.29, 0.717) is 25.2 Å². The summed E-state index contributed by atoms with van der Waals surface area (Å²) in [6, 6.07) is 3.38. The van der Waals surface area contributed by atoms with Gasteiger partial charge in [-0.15, -0.1) is 0 Å². The van der Waals surface area contributed by atoms with Crippen LogP contribution in [0.2, 0.25) is 0 Å². The third-order valence-corrected chi connectivity index (χ3v) is 5.32. The fraction of sp³-hybridized carbons (Fsp3) is 0.611. The summed E-state index contributed by atoms with van der Waals surface area (Å²) in [4.78, 5) is 34.7. The Bertz CT molecular complexity index is 650. The van der Waals surface area contributed by atoms with Crippen LogP contribution in [0.5, 0.6) is 0 Å². The maximum absolute atomic E-state index is 12.6. The second-order valence-corrected chi connectivity index (χ2v) is 6.94. The van der Waals surface area contributed by atoms with E-state index in [2.05, 4.69) is 9.88 Å². The number of aromatic nitrogens is 1. The number of amides is 2. The number of nitrogens with zero attached hydrogens (tertiary/aromatic N) is 4. The first-order chi connectivity index (χ1) is 12.7. The van der Waals surface area contributed by atoms with E-state index >= 15 is 0 Å². The molecule has 0 bridgehead atoms. The largest absolute Gasteiger partial charge is 0.442 e. The van der Waals surface area contributed by atoms with Crippen molar-refractivity contribution in [3.8, 4) is 0 Å². The molecule has 0 N–H and O–H groups in total. The fourth-order valence-corrected chi connectivity index (χ4v) is 3.89. The second-order valence-electron chi connectivity index (χ2n) is 6.94. The minimum atomic E-state index is -0.252. The molecule has 0 saturated carbocycles. The van der Waals surface area contributed by atoms with Gasteiger partial charge in [-0.05, 0) is 18.6 Å². The third-order valence-electron chi connectivity index (χ3n) is 5.32. The molecule has 3 aliphatic heterocycles. The number of pyridine rings is 1. The van der Waals surface area contributed by atoms with Gasteiger partial charge in [0.1, 0.15) is 6.10 Å². The Balaban J connectivity index is 1.32. The Labute approximate surface area is 152 Å². The van der Waals surface area contributed by atoms with Gasteiger partial charge in [-0.1, -0.05) is 0 Å². The van der Waals surface area contributed by atoms with E-state index in [9.17, 15) is 9.59 Å². The van der Waals surface area contributed by atoms with Gasteiger partial charge in [0.2, 0.25) is 0 Å². The molecule has 4 heterocycles. The van der Waals surface area contributed by atoms with Crippen LogP contribution < -0.4 is 0 Å². The first-order valence-corrected chi connectivity index (χ1v) is 9.19. The van der Waals surface area contributed by atoms with Gasteiger partial charge in [0.25, 0.3) is 5.91 Å². The molecule has 0 aromatic carbocycles. The monoisotopic (exact) mass is 360 g/mol. The van der Waals surface area contributed by atoms with Gasteiger partial charge in [0.15, 0.2) is 0 Å². The Morgan fingerprint density at radius 3 is 2.69 bits per heavy atom. The molecule has 140 valence electrons. The topological polar surface area (TPSA) is 75.2 Å². The molecule has 0 radical (unpaired) electrons. The van der Waals surface area contributed by atoms with Crippen LogP contribution in [0.15, 0.2) is 24.5 Å². The Morgan fingerprint density at radius 2 is 1.92 bits per heavy atom. The molecule has 8 heteroatoms. The van der Waals surface area contributed by atoms with E-state index in [4.69, 9.17) is 9.47 Å². The van der Waals surface area contributed by atoms with Crippen molar-refractivity contribution in [2.24, 2.45) is 0 Å². The van der Waals surface area contributed by atoms with E-state index in [0.717, 1.165) is 39.3 Å². The van der Waals surface area contributed by atoms with Gasteiger partial charge in [-0.25, -0.2) is 4.79 Å².